The Labute approximate surface area is 130 Å². The fourth-order valence-corrected chi connectivity index (χ4v) is 2.39. The second kappa shape index (κ2) is 10.9. The van der Waals surface area contributed by atoms with Crippen LogP contribution in [0.5, 0.6) is 5.88 Å². The van der Waals surface area contributed by atoms with E-state index in [-0.39, 0.29) is 0 Å². The standard InChI is InChI=1S/C15H26BrN3O/c1-3-4-5-6-7-8-9-10-11-17-15-18-12-13(16)14(19-15)20-2/h12H,3-11H2,1-2H3,(H,17,18,19). The Morgan fingerprint density at radius 2 is 1.75 bits per heavy atom. The number of hydrogen-bond acceptors (Lipinski definition) is 4. The van der Waals surface area contributed by atoms with E-state index in [0.29, 0.717) is 11.8 Å². The van der Waals surface area contributed by atoms with Crippen LogP contribution in [0.4, 0.5) is 5.95 Å². The van der Waals surface area contributed by atoms with Gasteiger partial charge in [-0.05, 0) is 22.4 Å². The van der Waals surface area contributed by atoms with E-state index in [2.05, 4.69) is 38.1 Å². The minimum atomic E-state index is 0.568. The van der Waals surface area contributed by atoms with Crippen molar-refractivity contribution in [3.05, 3.63) is 10.7 Å². The summed E-state index contributed by atoms with van der Waals surface area (Å²) in [4.78, 5) is 8.47. The Kier molecular flexibility index (Phi) is 9.37. The number of nitrogens with one attached hydrogen (secondary N) is 1. The summed E-state index contributed by atoms with van der Waals surface area (Å²) in [7, 11) is 1.61. The Morgan fingerprint density at radius 1 is 1.10 bits per heavy atom. The van der Waals surface area contributed by atoms with Crippen molar-refractivity contribution in [1.82, 2.24) is 9.97 Å². The third-order valence-electron chi connectivity index (χ3n) is 3.22. The van der Waals surface area contributed by atoms with Crippen LogP contribution in [0.3, 0.4) is 0 Å². The molecular weight excluding hydrogens is 318 g/mol. The van der Waals surface area contributed by atoms with Gasteiger partial charge in [-0.15, -0.1) is 0 Å². The zero-order chi connectivity index (χ0) is 14.6. The number of nitrogens with zero attached hydrogens (tertiary/aromatic N) is 2. The third kappa shape index (κ3) is 7.08. The summed E-state index contributed by atoms with van der Waals surface area (Å²) in [5.41, 5.74) is 0. The second-order valence-corrected chi connectivity index (χ2v) is 5.81. The van der Waals surface area contributed by atoms with Gasteiger partial charge in [-0.25, -0.2) is 4.98 Å². The minimum absolute atomic E-state index is 0.568. The number of halogens is 1. The summed E-state index contributed by atoms with van der Waals surface area (Å²) in [6, 6.07) is 0. The molecule has 1 N–H and O–H groups in total. The number of ether oxygens (including phenoxy) is 1. The number of rotatable bonds is 11. The van der Waals surface area contributed by atoms with Gasteiger partial charge in [0.25, 0.3) is 0 Å². The molecule has 0 aliphatic rings. The zero-order valence-electron chi connectivity index (χ0n) is 12.6. The molecule has 0 atom stereocenters. The average molecular weight is 344 g/mol. The maximum Gasteiger partial charge on any atom is 0.232 e. The highest BCUT2D eigenvalue weighted by Crippen LogP contribution is 2.21. The first-order valence-corrected chi connectivity index (χ1v) is 8.37. The van der Waals surface area contributed by atoms with Crippen molar-refractivity contribution < 1.29 is 4.74 Å². The van der Waals surface area contributed by atoms with Crippen LogP contribution >= 0.6 is 15.9 Å². The van der Waals surface area contributed by atoms with E-state index in [1.807, 2.05) is 0 Å². The molecule has 114 valence electrons. The van der Waals surface area contributed by atoms with Gasteiger partial charge in [0.1, 0.15) is 0 Å². The lowest BCUT2D eigenvalue weighted by atomic mass is 10.1. The average Bonchev–Trinajstić information content (AvgIpc) is 2.47. The lowest BCUT2D eigenvalue weighted by Gasteiger charge is -2.07. The molecule has 4 nitrogen and oxygen atoms in total. The maximum atomic E-state index is 5.14. The first-order chi connectivity index (χ1) is 9.77. The van der Waals surface area contributed by atoms with Gasteiger partial charge in [-0.2, -0.15) is 4.98 Å². The summed E-state index contributed by atoms with van der Waals surface area (Å²) in [5, 5.41) is 3.23. The first-order valence-electron chi connectivity index (χ1n) is 7.58. The Bertz CT molecular complexity index is 374. The van der Waals surface area contributed by atoms with Gasteiger partial charge in [-0.1, -0.05) is 51.9 Å². The van der Waals surface area contributed by atoms with Gasteiger partial charge in [0.2, 0.25) is 11.8 Å². The van der Waals surface area contributed by atoms with Crippen LogP contribution in [0.25, 0.3) is 0 Å². The molecule has 1 rings (SSSR count). The van der Waals surface area contributed by atoms with Gasteiger partial charge in [0.15, 0.2) is 0 Å². The van der Waals surface area contributed by atoms with Crippen LogP contribution in [0.2, 0.25) is 0 Å². The van der Waals surface area contributed by atoms with Crippen molar-refractivity contribution in [2.45, 2.75) is 58.3 Å². The van der Waals surface area contributed by atoms with Crippen LogP contribution in [-0.2, 0) is 0 Å². The van der Waals surface area contributed by atoms with Crippen molar-refractivity contribution in [2.75, 3.05) is 19.0 Å². The molecule has 1 heterocycles. The Morgan fingerprint density at radius 3 is 2.40 bits per heavy atom. The molecule has 0 saturated carbocycles. The number of unbranched alkanes of at least 4 members (excludes halogenated alkanes) is 7. The number of methoxy groups -OCH3 is 1. The predicted octanol–water partition coefficient (Wildman–Crippen LogP) is 4.80. The molecule has 0 aliphatic carbocycles. The lowest BCUT2D eigenvalue weighted by Crippen LogP contribution is -2.06. The lowest BCUT2D eigenvalue weighted by molar-refractivity contribution is 0.394. The highest BCUT2D eigenvalue weighted by Gasteiger charge is 2.04. The van der Waals surface area contributed by atoms with Crippen LogP contribution in [0.15, 0.2) is 10.7 Å². The fraction of sp³-hybridized carbons (Fsp3) is 0.733. The van der Waals surface area contributed by atoms with Crippen LogP contribution in [0.1, 0.15) is 58.3 Å². The van der Waals surface area contributed by atoms with Gasteiger partial charge >= 0.3 is 0 Å². The van der Waals surface area contributed by atoms with E-state index in [9.17, 15) is 0 Å². The molecule has 0 unspecified atom stereocenters. The highest BCUT2D eigenvalue weighted by molar-refractivity contribution is 9.10. The van der Waals surface area contributed by atoms with E-state index in [0.717, 1.165) is 17.4 Å². The van der Waals surface area contributed by atoms with Gasteiger partial charge < -0.3 is 10.1 Å². The quantitative estimate of drug-likeness (QED) is 0.586. The van der Waals surface area contributed by atoms with E-state index in [4.69, 9.17) is 4.74 Å². The third-order valence-corrected chi connectivity index (χ3v) is 3.76. The molecule has 0 radical (unpaired) electrons. The maximum absolute atomic E-state index is 5.14. The molecule has 0 spiro atoms. The van der Waals surface area contributed by atoms with E-state index in [1.54, 1.807) is 13.3 Å². The van der Waals surface area contributed by atoms with E-state index in [1.165, 1.54) is 44.9 Å². The molecule has 1 aromatic rings. The van der Waals surface area contributed by atoms with Gasteiger partial charge in [0, 0.05) is 6.54 Å². The highest BCUT2D eigenvalue weighted by atomic mass is 79.9. The van der Waals surface area contributed by atoms with Crippen molar-refractivity contribution in [1.29, 1.82) is 0 Å². The zero-order valence-corrected chi connectivity index (χ0v) is 14.2. The minimum Gasteiger partial charge on any atom is -0.480 e. The summed E-state index contributed by atoms with van der Waals surface area (Å²) in [6.45, 7) is 3.17. The summed E-state index contributed by atoms with van der Waals surface area (Å²) >= 11 is 3.34. The van der Waals surface area contributed by atoms with E-state index < -0.39 is 0 Å². The summed E-state index contributed by atoms with van der Waals surface area (Å²) in [6.07, 6.45) is 12.3. The molecule has 0 amide bonds. The van der Waals surface area contributed by atoms with Crippen molar-refractivity contribution in [3.8, 4) is 5.88 Å². The molecule has 20 heavy (non-hydrogen) atoms. The Balaban J connectivity index is 2.06. The predicted molar refractivity (Wildman–Crippen MR) is 87.4 cm³/mol. The van der Waals surface area contributed by atoms with E-state index >= 15 is 0 Å². The smallest absolute Gasteiger partial charge is 0.232 e. The Hall–Kier alpha value is -0.840. The second-order valence-electron chi connectivity index (χ2n) is 4.95. The van der Waals surface area contributed by atoms with Crippen molar-refractivity contribution in [2.24, 2.45) is 0 Å². The number of anilines is 1. The fourth-order valence-electron chi connectivity index (χ4n) is 2.04. The number of hydrogen-bond donors (Lipinski definition) is 1. The molecule has 5 heteroatoms. The van der Waals surface area contributed by atoms with Crippen molar-refractivity contribution >= 4 is 21.9 Å². The summed E-state index contributed by atoms with van der Waals surface area (Å²) < 4.78 is 5.91. The van der Waals surface area contributed by atoms with Crippen molar-refractivity contribution in [3.63, 3.8) is 0 Å². The first kappa shape index (κ1) is 17.2. The van der Waals surface area contributed by atoms with Crippen LogP contribution < -0.4 is 10.1 Å². The molecule has 0 aliphatic heterocycles. The molecule has 0 fully saturated rings. The van der Waals surface area contributed by atoms with Gasteiger partial charge in [-0.3, -0.25) is 0 Å². The molecular formula is C15H26BrN3O. The molecule has 0 saturated heterocycles. The summed E-state index contributed by atoms with van der Waals surface area (Å²) in [5.74, 6) is 1.20. The number of aromatic nitrogens is 2. The van der Waals surface area contributed by atoms with Gasteiger partial charge in [0.05, 0.1) is 17.8 Å². The molecule has 0 bridgehead atoms. The molecule has 1 aromatic heterocycles. The van der Waals surface area contributed by atoms with Crippen LogP contribution in [0, 0.1) is 0 Å². The largest absolute Gasteiger partial charge is 0.480 e. The molecule has 0 aromatic carbocycles. The van der Waals surface area contributed by atoms with Crippen LogP contribution in [-0.4, -0.2) is 23.6 Å². The monoisotopic (exact) mass is 343 g/mol. The normalized spacial score (nSPS) is 10.6. The topological polar surface area (TPSA) is 47.0 Å². The SMILES string of the molecule is CCCCCCCCCCNc1ncc(Br)c(OC)n1.